The van der Waals surface area contributed by atoms with E-state index in [2.05, 4.69) is 21.2 Å². The molecule has 2 rings (SSSR count). The molecule has 0 aliphatic carbocycles. The van der Waals surface area contributed by atoms with E-state index in [4.69, 9.17) is 11.6 Å². The fourth-order valence-electron chi connectivity index (χ4n) is 1.80. The quantitative estimate of drug-likeness (QED) is 0.838. The minimum absolute atomic E-state index is 0.205. The van der Waals surface area contributed by atoms with Crippen LogP contribution in [0.2, 0.25) is 5.02 Å². The number of hydrogen-bond acceptors (Lipinski definition) is 2. The second kappa shape index (κ2) is 6.20. The van der Waals surface area contributed by atoms with Crippen LogP contribution in [-0.2, 0) is 4.79 Å². The van der Waals surface area contributed by atoms with Crippen LogP contribution in [0.5, 0.6) is 0 Å². The number of rotatable bonds is 3. The van der Waals surface area contributed by atoms with Crippen LogP contribution in [0, 0.1) is 0 Å². The van der Waals surface area contributed by atoms with E-state index in [1.54, 1.807) is 42.5 Å². The third-order valence-corrected chi connectivity index (χ3v) is 3.58. The van der Waals surface area contributed by atoms with Crippen LogP contribution in [-0.4, -0.2) is 11.7 Å². The molecule has 0 heterocycles. The van der Waals surface area contributed by atoms with Crippen molar-refractivity contribution in [1.82, 2.24) is 0 Å². The number of benzene rings is 2. The second-order valence-electron chi connectivity index (χ2n) is 4.18. The van der Waals surface area contributed by atoms with Gasteiger partial charge in [-0.05, 0) is 30.3 Å². The van der Waals surface area contributed by atoms with Crippen molar-refractivity contribution in [3.05, 3.63) is 63.1 Å². The minimum Gasteiger partial charge on any atom is -0.326 e. The summed E-state index contributed by atoms with van der Waals surface area (Å²) >= 11 is 9.27. The molecule has 1 amide bonds. The first kappa shape index (κ1) is 14.8. The normalized spacial score (nSPS) is 10.2. The number of carbonyl (C=O) groups excluding carboxylic acids is 2. The van der Waals surface area contributed by atoms with E-state index in [0.29, 0.717) is 26.3 Å². The maximum atomic E-state index is 12.6. The van der Waals surface area contributed by atoms with Gasteiger partial charge in [-0.1, -0.05) is 39.7 Å². The van der Waals surface area contributed by atoms with Gasteiger partial charge in [0, 0.05) is 27.5 Å². The Labute approximate surface area is 130 Å². The highest BCUT2D eigenvalue weighted by Crippen LogP contribution is 2.26. The number of halogens is 2. The predicted molar refractivity (Wildman–Crippen MR) is 83.3 cm³/mol. The van der Waals surface area contributed by atoms with Crippen LogP contribution in [0.3, 0.4) is 0 Å². The van der Waals surface area contributed by atoms with Gasteiger partial charge >= 0.3 is 0 Å². The molecule has 0 saturated carbocycles. The van der Waals surface area contributed by atoms with Crippen LogP contribution in [0.4, 0.5) is 5.69 Å². The molecule has 2 aromatic rings. The van der Waals surface area contributed by atoms with Gasteiger partial charge in [0.25, 0.3) is 0 Å². The summed E-state index contributed by atoms with van der Waals surface area (Å²) in [6.07, 6.45) is 0. The SMILES string of the molecule is CC(=O)Nc1ccccc1C(=O)c1cc(Cl)ccc1Br. The van der Waals surface area contributed by atoms with E-state index in [1.807, 2.05) is 0 Å². The monoisotopic (exact) mass is 351 g/mol. The molecule has 0 aliphatic rings. The van der Waals surface area contributed by atoms with E-state index in [1.165, 1.54) is 6.92 Å². The Balaban J connectivity index is 2.48. The second-order valence-corrected chi connectivity index (χ2v) is 5.47. The van der Waals surface area contributed by atoms with Gasteiger partial charge in [0.1, 0.15) is 0 Å². The molecule has 1 N–H and O–H groups in total. The number of ketones is 1. The van der Waals surface area contributed by atoms with Crippen molar-refractivity contribution in [2.75, 3.05) is 5.32 Å². The Morgan fingerprint density at radius 2 is 1.80 bits per heavy atom. The van der Waals surface area contributed by atoms with Gasteiger partial charge in [0.05, 0.1) is 5.69 Å². The maximum absolute atomic E-state index is 12.6. The zero-order valence-electron chi connectivity index (χ0n) is 10.6. The van der Waals surface area contributed by atoms with Gasteiger partial charge in [-0.25, -0.2) is 0 Å². The first-order valence-corrected chi connectivity index (χ1v) is 7.02. The number of nitrogens with one attached hydrogen (secondary N) is 1. The molecule has 5 heteroatoms. The number of amides is 1. The molecule has 0 saturated heterocycles. The lowest BCUT2D eigenvalue weighted by Gasteiger charge is -2.10. The topological polar surface area (TPSA) is 46.2 Å². The maximum Gasteiger partial charge on any atom is 0.221 e. The van der Waals surface area contributed by atoms with Crippen molar-refractivity contribution in [2.24, 2.45) is 0 Å². The summed E-state index contributed by atoms with van der Waals surface area (Å²) in [5.74, 6) is -0.431. The van der Waals surface area contributed by atoms with Crippen molar-refractivity contribution >= 4 is 44.9 Å². The van der Waals surface area contributed by atoms with Crippen molar-refractivity contribution in [3.8, 4) is 0 Å². The fourth-order valence-corrected chi connectivity index (χ4v) is 2.40. The van der Waals surface area contributed by atoms with E-state index in [0.717, 1.165) is 0 Å². The molecule has 0 aliphatic heterocycles. The third kappa shape index (κ3) is 3.26. The Morgan fingerprint density at radius 1 is 1.10 bits per heavy atom. The van der Waals surface area contributed by atoms with Gasteiger partial charge in [-0.15, -0.1) is 0 Å². The molecule has 0 radical (unpaired) electrons. The molecule has 0 aromatic heterocycles. The van der Waals surface area contributed by atoms with Crippen molar-refractivity contribution in [1.29, 1.82) is 0 Å². The lowest BCUT2D eigenvalue weighted by Crippen LogP contribution is -2.11. The summed E-state index contributed by atoms with van der Waals surface area (Å²) in [7, 11) is 0. The number of para-hydroxylation sites is 1. The highest BCUT2D eigenvalue weighted by atomic mass is 79.9. The Morgan fingerprint density at radius 3 is 2.50 bits per heavy atom. The van der Waals surface area contributed by atoms with Gasteiger partial charge < -0.3 is 5.32 Å². The average molecular weight is 353 g/mol. The molecule has 2 aromatic carbocycles. The molecule has 102 valence electrons. The first-order valence-electron chi connectivity index (χ1n) is 5.85. The summed E-state index contributed by atoms with van der Waals surface area (Å²) < 4.78 is 0.657. The van der Waals surface area contributed by atoms with Crippen LogP contribution in [0.25, 0.3) is 0 Å². The summed E-state index contributed by atoms with van der Waals surface area (Å²) in [5.41, 5.74) is 1.36. The van der Waals surface area contributed by atoms with Crippen LogP contribution in [0.15, 0.2) is 46.9 Å². The molecule has 0 spiro atoms. The van der Waals surface area contributed by atoms with E-state index >= 15 is 0 Å². The van der Waals surface area contributed by atoms with E-state index in [9.17, 15) is 9.59 Å². The zero-order valence-corrected chi connectivity index (χ0v) is 13.0. The van der Waals surface area contributed by atoms with Crippen molar-refractivity contribution < 1.29 is 9.59 Å². The molecule has 0 unspecified atom stereocenters. The largest absolute Gasteiger partial charge is 0.326 e. The summed E-state index contributed by atoms with van der Waals surface area (Å²) in [6.45, 7) is 1.40. The summed E-state index contributed by atoms with van der Waals surface area (Å²) in [5, 5.41) is 3.13. The standard InChI is InChI=1S/C15H11BrClNO2/c1-9(19)18-14-5-3-2-4-11(14)15(20)12-8-10(17)6-7-13(12)16/h2-8H,1H3,(H,18,19). The van der Waals surface area contributed by atoms with Gasteiger partial charge in [-0.3, -0.25) is 9.59 Å². The van der Waals surface area contributed by atoms with Gasteiger partial charge in [0.15, 0.2) is 5.78 Å². The minimum atomic E-state index is -0.226. The highest BCUT2D eigenvalue weighted by molar-refractivity contribution is 9.10. The number of carbonyl (C=O) groups is 2. The number of anilines is 1. The van der Waals surface area contributed by atoms with Crippen LogP contribution < -0.4 is 5.32 Å². The Bertz CT molecular complexity index is 685. The van der Waals surface area contributed by atoms with Gasteiger partial charge in [-0.2, -0.15) is 0 Å². The zero-order chi connectivity index (χ0) is 14.7. The van der Waals surface area contributed by atoms with Crippen molar-refractivity contribution in [3.63, 3.8) is 0 Å². The lowest BCUT2D eigenvalue weighted by atomic mass is 10.0. The van der Waals surface area contributed by atoms with Crippen LogP contribution in [0.1, 0.15) is 22.8 Å². The van der Waals surface area contributed by atoms with Gasteiger partial charge in [0.2, 0.25) is 5.91 Å². The highest BCUT2D eigenvalue weighted by Gasteiger charge is 2.16. The number of hydrogen-bond donors (Lipinski definition) is 1. The van der Waals surface area contributed by atoms with E-state index in [-0.39, 0.29) is 11.7 Å². The summed E-state index contributed by atoms with van der Waals surface area (Å²) in [4.78, 5) is 23.8. The molecule has 0 atom stereocenters. The molecular formula is C15H11BrClNO2. The predicted octanol–water partition coefficient (Wildman–Crippen LogP) is 4.29. The van der Waals surface area contributed by atoms with Crippen molar-refractivity contribution in [2.45, 2.75) is 6.92 Å². The Kier molecular flexibility index (Phi) is 4.57. The summed E-state index contributed by atoms with van der Waals surface area (Å²) in [6, 6.07) is 11.9. The van der Waals surface area contributed by atoms with Crippen LogP contribution >= 0.6 is 27.5 Å². The van der Waals surface area contributed by atoms with E-state index < -0.39 is 0 Å². The Hall–Kier alpha value is -1.65. The smallest absolute Gasteiger partial charge is 0.221 e. The first-order chi connectivity index (χ1) is 9.49. The average Bonchev–Trinajstić information content (AvgIpc) is 2.41. The third-order valence-electron chi connectivity index (χ3n) is 2.66. The fraction of sp³-hybridized carbons (Fsp3) is 0.0667. The lowest BCUT2D eigenvalue weighted by molar-refractivity contribution is -0.114. The molecule has 0 fully saturated rings. The molecular weight excluding hydrogens is 342 g/mol. The molecule has 0 bridgehead atoms. The molecule has 20 heavy (non-hydrogen) atoms. The molecule has 3 nitrogen and oxygen atoms in total.